The van der Waals surface area contributed by atoms with Crippen LogP contribution in [0.1, 0.15) is 49.7 Å². The van der Waals surface area contributed by atoms with Crippen molar-refractivity contribution in [3.05, 3.63) is 65.7 Å². The summed E-state index contributed by atoms with van der Waals surface area (Å²) >= 11 is 0. The fourth-order valence-corrected chi connectivity index (χ4v) is 4.47. The fraction of sp³-hybridized carbons (Fsp3) is 0.500. The maximum Gasteiger partial charge on any atom is 0.119 e. The molecule has 0 aliphatic heterocycles. The van der Waals surface area contributed by atoms with E-state index in [4.69, 9.17) is 4.74 Å². The van der Waals surface area contributed by atoms with Crippen molar-refractivity contribution >= 4 is 12.4 Å². The summed E-state index contributed by atoms with van der Waals surface area (Å²) in [7, 11) is 4.16. The van der Waals surface area contributed by atoms with Gasteiger partial charge in [0.25, 0.3) is 0 Å². The van der Waals surface area contributed by atoms with E-state index in [-0.39, 0.29) is 24.2 Å². The molecule has 0 spiro atoms. The molecule has 0 heterocycles. The number of hydrogen-bond acceptors (Lipinski definition) is 3. The molecule has 1 N–H and O–H groups in total. The molecule has 1 fully saturated rings. The lowest BCUT2D eigenvalue weighted by atomic mass is 9.66. The highest BCUT2D eigenvalue weighted by Crippen LogP contribution is 2.45. The molecular weight excluding hydrogens is 370 g/mol. The molecule has 2 aromatic carbocycles. The molecule has 0 aromatic heterocycles. The molecule has 4 heteroatoms. The van der Waals surface area contributed by atoms with Crippen molar-refractivity contribution in [2.45, 2.75) is 50.7 Å². The van der Waals surface area contributed by atoms with E-state index in [9.17, 15) is 5.11 Å². The molecule has 28 heavy (non-hydrogen) atoms. The van der Waals surface area contributed by atoms with Crippen molar-refractivity contribution in [1.82, 2.24) is 4.90 Å². The minimum atomic E-state index is -0.630. The second kappa shape index (κ2) is 10.3. The fourth-order valence-electron chi connectivity index (χ4n) is 4.47. The van der Waals surface area contributed by atoms with Crippen molar-refractivity contribution in [1.29, 1.82) is 0 Å². The summed E-state index contributed by atoms with van der Waals surface area (Å²) in [6, 6.07) is 18.6. The number of rotatable bonds is 7. The third-order valence-corrected chi connectivity index (χ3v) is 5.95. The maximum absolute atomic E-state index is 11.6. The monoisotopic (exact) mass is 403 g/mol. The first-order valence-corrected chi connectivity index (χ1v) is 10.1. The van der Waals surface area contributed by atoms with Crippen molar-refractivity contribution in [2.75, 3.05) is 20.6 Å². The van der Waals surface area contributed by atoms with Gasteiger partial charge in [-0.1, -0.05) is 62.2 Å². The highest BCUT2D eigenvalue weighted by molar-refractivity contribution is 5.85. The van der Waals surface area contributed by atoms with Crippen LogP contribution in [0.15, 0.2) is 54.6 Å². The highest BCUT2D eigenvalue weighted by Gasteiger charge is 2.43. The van der Waals surface area contributed by atoms with Gasteiger partial charge in [-0.3, -0.25) is 0 Å². The van der Waals surface area contributed by atoms with Gasteiger partial charge in [0.15, 0.2) is 0 Å². The highest BCUT2D eigenvalue weighted by atomic mass is 35.5. The van der Waals surface area contributed by atoms with Gasteiger partial charge in [-0.25, -0.2) is 0 Å². The van der Waals surface area contributed by atoms with Crippen LogP contribution < -0.4 is 4.74 Å². The molecular formula is C24H34ClNO2. The zero-order valence-corrected chi connectivity index (χ0v) is 18.1. The second-order valence-electron chi connectivity index (χ2n) is 8.30. The lowest BCUT2D eigenvalue weighted by molar-refractivity contribution is -0.0677. The van der Waals surface area contributed by atoms with Gasteiger partial charge >= 0.3 is 0 Å². The predicted octanol–water partition coefficient (Wildman–Crippen LogP) is 5.27. The van der Waals surface area contributed by atoms with Crippen LogP contribution in [-0.4, -0.2) is 36.2 Å². The van der Waals surface area contributed by atoms with Crippen molar-refractivity contribution in [3.8, 4) is 5.75 Å². The third-order valence-electron chi connectivity index (χ3n) is 5.95. The molecule has 0 radical (unpaired) electrons. The molecule has 1 saturated carbocycles. The topological polar surface area (TPSA) is 32.7 Å². The van der Waals surface area contributed by atoms with E-state index in [0.717, 1.165) is 31.6 Å². The second-order valence-corrected chi connectivity index (χ2v) is 8.30. The van der Waals surface area contributed by atoms with E-state index in [2.05, 4.69) is 50.2 Å². The third kappa shape index (κ3) is 5.50. The van der Waals surface area contributed by atoms with E-state index in [0.29, 0.717) is 6.61 Å². The summed E-state index contributed by atoms with van der Waals surface area (Å²) in [6.07, 6.45) is 4.24. The van der Waals surface area contributed by atoms with Gasteiger partial charge in [0, 0.05) is 12.5 Å². The smallest absolute Gasteiger partial charge is 0.119 e. The van der Waals surface area contributed by atoms with Gasteiger partial charge in [0.05, 0.1) is 5.60 Å². The Kier molecular flexibility index (Phi) is 8.36. The summed E-state index contributed by atoms with van der Waals surface area (Å²) in [5.41, 5.74) is 1.77. The largest absolute Gasteiger partial charge is 0.489 e. The Morgan fingerprint density at radius 3 is 2.39 bits per heavy atom. The molecule has 2 aromatic rings. The minimum absolute atomic E-state index is 0. The summed E-state index contributed by atoms with van der Waals surface area (Å²) < 4.78 is 5.92. The Morgan fingerprint density at radius 1 is 1.07 bits per heavy atom. The van der Waals surface area contributed by atoms with Gasteiger partial charge < -0.3 is 14.7 Å². The quantitative estimate of drug-likeness (QED) is 0.683. The SMILES string of the molecule is CC(CN(C)C)C1(O)CCCCC1c1ccc(OCc2ccccc2)cc1.Cl. The van der Waals surface area contributed by atoms with Gasteiger partial charge in [0.2, 0.25) is 0 Å². The summed E-state index contributed by atoms with van der Waals surface area (Å²) in [6.45, 7) is 3.67. The first-order chi connectivity index (χ1) is 13.0. The first-order valence-electron chi connectivity index (χ1n) is 10.1. The van der Waals surface area contributed by atoms with Gasteiger partial charge in [-0.05, 0) is 56.1 Å². The lowest BCUT2D eigenvalue weighted by Gasteiger charge is -2.45. The number of ether oxygens (including phenoxy) is 1. The van der Waals surface area contributed by atoms with E-state index >= 15 is 0 Å². The number of benzene rings is 2. The molecule has 3 atom stereocenters. The Bertz CT molecular complexity index is 704. The predicted molar refractivity (Wildman–Crippen MR) is 118 cm³/mol. The normalized spacial score (nSPS) is 23.1. The van der Waals surface area contributed by atoms with Crippen LogP contribution >= 0.6 is 12.4 Å². The van der Waals surface area contributed by atoms with Crippen LogP contribution in [0.4, 0.5) is 0 Å². The van der Waals surface area contributed by atoms with Crippen LogP contribution in [0.25, 0.3) is 0 Å². The number of aliphatic hydroxyl groups is 1. The molecule has 1 aliphatic rings. The average molecular weight is 404 g/mol. The van der Waals surface area contributed by atoms with Crippen LogP contribution in [0.5, 0.6) is 5.75 Å². The van der Waals surface area contributed by atoms with Gasteiger partial charge in [0.1, 0.15) is 12.4 Å². The van der Waals surface area contributed by atoms with E-state index in [1.807, 2.05) is 30.3 Å². The van der Waals surface area contributed by atoms with Crippen molar-refractivity contribution in [2.24, 2.45) is 5.92 Å². The maximum atomic E-state index is 11.6. The zero-order chi connectivity index (χ0) is 19.3. The van der Waals surface area contributed by atoms with Crippen LogP contribution in [0, 0.1) is 5.92 Å². The number of halogens is 1. The average Bonchev–Trinajstić information content (AvgIpc) is 2.67. The summed E-state index contributed by atoms with van der Waals surface area (Å²) in [4.78, 5) is 2.18. The molecule has 0 saturated heterocycles. The van der Waals surface area contributed by atoms with E-state index in [1.165, 1.54) is 17.5 Å². The van der Waals surface area contributed by atoms with E-state index in [1.54, 1.807) is 0 Å². The number of nitrogens with zero attached hydrogens (tertiary/aromatic N) is 1. The summed E-state index contributed by atoms with van der Waals surface area (Å²) in [5, 5.41) is 11.6. The van der Waals surface area contributed by atoms with Crippen molar-refractivity contribution < 1.29 is 9.84 Å². The molecule has 0 amide bonds. The van der Waals surface area contributed by atoms with E-state index < -0.39 is 5.60 Å². The van der Waals surface area contributed by atoms with Crippen LogP contribution in [-0.2, 0) is 6.61 Å². The van der Waals surface area contributed by atoms with Crippen LogP contribution in [0.3, 0.4) is 0 Å². The molecule has 3 unspecified atom stereocenters. The minimum Gasteiger partial charge on any atom is -0.489 e. The standard InChI is InChI=1S/C24H33NO2.ClH/c1-19(17-25(2)3)24(26)16-8-7-11-23(24)21-12-14-22(15-13-21)27-18-20-9-5-4-6-10-20;/h4-6,9-10,12-15,19,23,26H,7-8,11,16-18H2,1-3H3;1H. The molecule has 3 nitrogen and oxygen atoms in total. The molecule has 154 valence electrons. The Hall–Kier alpha value is -1.55. The number of hydrogen-bond donors (Lipinski definition) is 1. The van der Waals surface area contributed by atoms with Crippen LogP contribution in [0.2, 0.25) is 0 Å². The molecule has 3 rings (SSSR count). The Balaban J connectivity index is 0.00000280. The molecule has 0 bridgehead atoms. The molecule has 1 aliphatic carbocycles. The first kappa shape index (κ1) is 22.7. The zero-order valence-electron chi connectivity index (χ0n) is 17.3. The Morgan fingerprint density at radius 2 is 1.75 bits per heavy atom. The summed E-state index contributed by atoms with van der Waals surface area (Å²) in [5.74, 6) is 1.32. The van der Waals surface area contributed by atoms with Crippen molar-refractivity contribution in [3.63, 3.8) is 0 Å². The Labute approximate surface area is 176 Å². The van der Waals surface area contributed by atoms with Gasteiger partial charge in [-0.2, -0.15) is 0 Å². The van der Waals surface area contributed by atoms with Gasteiger partial charge in [-0.15, -0.1) is 12.4 Å². The lowest BCUT2D eigenvalue weighted by Crippen LogP contribution is -2.48.